The number of nitrogens with zero attached hydrogens (tertiary/aromatic N) is 1. The maximum atomic E-state index is 12.7. The Morgan fingerprint density at radius 3 is 2.53 bits per heavy atom. The topological polar surface area (TPSA) is 151 Å². The van der Waals surface area contributed by atoms with Crippen molar-refractivity contribution >= 4 is 29.7 Å². The third-order valence-corrected chi connectivity index (χ3v) is 6.51. The van der Waals surface area contributed by atoms with Gasteiger partial charge >= 0.3 is 6.03 Å². The molecule has 1 unspecified atom stereocenters. The highest BCUT2D eigenvalue weighted by Gasteiger charge is 2.39. The summed E-state index contributed by atoms with van der Waals surface area (Å²) in [5, 5.41) is 8.05. The Balaban J connectivity index is 1.30. The van der Waals surface area contributed by atoms with E-state index in [0.29, 0.717) is 37.9 Å². The largest absolute Gasteiger partial charge is 0.369 e. The second-order valence-electron chi connectivity index (χ2n) is 8.67. The van der Waals surface area contributed by atoms with Gasteiger partial charge in [-0.05, 0) is 49.3 Å². The molecule has 1 aromatic rings. The number of urea groups is 1. The number of rotatable bonds is 5. The first-order chi connectivity index (χ1) is 15.3. The predicted octanol–water partition coefficient (Wildman–Crippen LogP) is 0.291. The highest BCUT2D eigenvalue weighted by molar-refractivity contribution is 6.05. The molecule has 1 atom stereocenters. The minimum atomic E-state index is -0.649. The van der Waals surface area contributed by atoms with Crippen LogP contribution in [0.2, 0.25) is 0 Å². The van der Waals surface area contributed by atoms with Gasteiger partial charge in [0.05, 0.1) is 0 Å². The molecule has 10 heteroatoms. The van der Waals surface area contributed by atoms with E-state index in [-0.39, 0.29) is 42.1 Å². The number of primary amides is 1. The molecule has 6 amide bonds. The molecule has 2 heterocycles. The number of amides is 6. The molecule has 5 N–H and O–H groups in total. The maximum absolute atomic E-state index is 12.7. The fourth-order valence-electron chi connectivity index (χ4n) is 4.68. The third-order valence-electron chi connectivity index (χ3n) is 6.51. The van der Waals surface area contributed by atoms with Crippen LogP contribution in [0.4, 0.5) is 4.79 Å². The average molecular weight is 441 g/mol. The quantitative estimate of drug-likeness (QED) is 0.484. The minimum absolute atomic E-state index is 0.0188. The van der Waals surface area contributed by atoms with Gasteiger partial charge < -0.3 is 21.3 Å². The zero-order valence-electron chi connectivity index (χ0n) is 17.7. The van der Waals surface area contributed by atoms with Crippen LogP contribution in [0.5, 0.6) is 0 Å². The Labute approximate surface area is 185 Å². The SMILES string of the molecule is NC(=O)[C@H]1CC[C@@H](NC(=O)NCc2ccc3c(c2)CN(C2CCC(=O)NC2=O)C3=O)CC1. The molecule has 1 aromatic carbocycles. The summed E-state index contributed by atoms with van der Waals surface area (Å²) in [4.78, 5) is 61.3. The second-order valence-corrected chi connectivity index (χ2v) is 8.67. The number of nitrogens with one attached hydrogen (secondary N) is 3. The molecule has 4 rings (SSSR count). The van der Waals surface area contributed by atoms with Gasteiger partial charge in [-0.25, -0.2) is 4.79 Å². The lowest BCUT2D eigenvalue weighted by atomic mass is 9.86. The normalized spacial score (nSPS) is 25.2. The maximum Gasteiger partial charge on any atom is 0.315 e. The number of fused-ring (bicyclic) bond motifs is 1. The molecular weight excluding hydrogens is 414 g/mol. The molecule has 1 saturated heterocycles. The van der Waals surface area contributed by atoms with Crippen molar-refractivity contribution in [2.75, 3.05) is 0 Å². The van der Waals surface area contributed by atoms with Crippen LogP contribution in [-0.4, -0.2) is 46.6 Å². The molecule has 0 bridgehead atoms. The zero-order chi connectivity index (χ0) is 22.8. The summed E-state index contributed by atoms with van der Waals surface area (Å²) in [6.07, 6.45) is 3.34. The summed E-state index contributed by atoms with van der Waals surface area (Å²) < 4.78 is 0. The highest BCUT2D eigenvalue weighted by atomic mass is 16.2. The van der Waals surface area contributed by atoms with Crippen LogP contribution in [0.25, 0.3) is 0 Å². The van der Waals surface area contributed by atoms with Gasteiger partial charge in [0.25, 0.3) is 5.91 Å². The van der Waals surface area contributed by atoms with Gasteiger partial charge in [-0.1, -0.05) is 12.1 Å². The molecule has 1 saturated carbocycles. The summed E-state index contributed by atoms with van der Waals surface area (Å²) >= 11 is 0. The number of carbonyl (C=O) groups excluding carboxylic acids is 5. The smallest absolute Gasteiger partial charge is 0.315 e. The molecule has 3 aliphatic rings. The first-order valence-corrected chi connectivity index (χ1v) is 10.9. The van der Waals surface area contributed by atoms with Crippen molar-refractivity contribution in [3.05, 3.63) is 34.9 Å². The lowest BCUT2D eigenvalue weighted by Crippen LogP contribution is -2.52. The number of piperidine rings is 1. The third kappa shape index (κ3) is 4.58. The zero-order valence-corrected chi connectivity index (χ0v) is 17.7. The molecule has 0 radical (unpaired) electrons. The van der Waals surface area contributed by atoms with Crippen LogP contribution in [0, 0.1) is 5.92 Å². The molecular formula is C22H27N5O5. The van der Waals surface area contributed by atoms with E-state index >= 15 is 0 Å². The van der Waals surface area contributed by atoms with Gasteiger partial charge in [-0.15, -0.1) is 0 Å². The fraction of sp³-hybridized carbons (Fsp3) is 0.500. The standard InChI is InChI=1S/C22H27N5O5/c23-19(29)13-2-4-15(5-3-13)25-22(32)24-10-12-1-6-16-14(9-12)11-27(21(16)31)17-7-8-18(28)26-20(17)30/h1,6,9,13,15,17H,2-5,7-8,10-11H2,(H2,23,29)(H2,24,25,32)(H,26,28,30)/t13-,15+,17?. The number of benzene rings is 1. The summed E-state index contributed by atoms with van der Waals surface area (Å²) in [5.74, 6) is -1.36. The van der Waals surface area contributed by atoms with Crippen LogP contribution >= 0.6 is 0 Å². The summed E-state index contributed by atoms with van der Waals surface area (Å²) in [7, 11) is 0. The van der Waals surface area contributed by atoms with Gasteiger partial charge in [0.2, 0.25) is 17.7 Å². The van der Waals surface area contributed by atoms with Gasteiger partial charge in [-0.3, -0.25) is 24.5 Å². The number of nitrogens with two attached hydrogens (primary N) is 1. The monoisotopic (exact) mass is 441 g/mol. The van der Waals surface area contributed by atoms with Crippen molar-refractivity contribution in [3.8, 4) is 0 Å². The van der Waals surface area contributed by atoms with Crippen molar-refractivity contribution in [3.63, 3.8) is 0 Å². The van der Waals surface area contributed by atoms with Gasteiger partial charge in [0.15, 0.2) is 0 Å². The number of imide groups is 1. The predicted molar refractivity (Wildman–Crippen MR) is 113 cm³/mol. The Bertz CT molecular complexity index is 969. The van der Waals surface area contributed by atoms with E-state index in [1.165, 1.54) is 4.90 Å². The Morgan fingerprint density at radius 2 is 1.84 bits per heavy atom. The van der Waals surface area contributed by atoms with Crippen molar-refractivity contribution < 1.29 is 24.0 Å². The molecule has 0 aromatic heterocycles. The van der Waals surface area contributed by atoms with E-state index in [1.54, 1.807) is 12.1 Å². The molecule has 0 spiro atoms. The fourth-order valence-corrected chi connectivity index (χ4v) is 4.68. The van der Waals surface area contributed by atoms with E-state index in [1.807, 2.05) is 6.07 Å². The van der Waals surface area contributed by atoms with Crippen LogP contribution in [0.1, 0.15) is 60.0 Å². The molecule has 1 aliphatic carbocycles. The van der Waals surface area contributed by atoms with Crippen LogP contribution in [0.15, 0.2) is 18.2 Å². The molecule has 2 aliphatic heterocycles. The van der Waals surface area contributed by atoms with Crippen molar-refractivity contribution in [1.82, 2.24) is 20.9 Å². The highest BCUT2D eigenvalue weighted by Crippen LogP contribution is 2.28. The Hall–Kier alpha value is -3.43. The summed E-state index contributed by atoms with van der Waals surface area (Å²) in [6.45, 7) is 0.589. The van der Waals surface area contributed by atoms with E-state index in [0.717, 1.165) is 24.0 Å². The van der Waals surface area contributed by atoms with Gasteiger partial charge in [-0.2, -0.15) is 0 Å². The molecule has 10 nitrogen and oxygen atoms in total. The van der Waals surface area contributed by atoms with E-state index in [4.69, 9.17) is 5.73 Å². The van der Waals surface area contributed by atoms with Crippen LogP contribution in [0.3, 0.4) is 0 Å². The summed E-state index contributed by atoms with van der Waals surface area (Å²) in [5.41, 5.74) is 7.51. The van der Waals surface area contributed by atoms with Gasteiger partial charge in [0, 0.05) is 37.0 Å². The molecule has 170 valence electrons. The Morgan fingerprint density at radius 1 is 1.09 bits per heavy atom. The van der Waals surface area contributed by atoms with Crippen LogP contribution in [-0.2, 0) is 27.5 Å². The van der Waals surface area contributed by atoms with Crippen LogP contribution < -0.4 is 21.7 Å². The van der Waals surface area contributed by atoms with Gasteiger partial charge in [0.1, 0.15) is 6.04 Å². The summed E-state index contributed by atoms with van der Waals surface area (Å²) in [6, 6.07) is 4.44. The first kappa shape index (κ1) is 21.8. The average Bonchev–Trinajstić information content (AvgIpc) is 3.08. The van der Waals surface area contributed by atoms with E-state index in [9.17, 15) is 24.0 Å². The molecule has 2 fully saturated rings. The lowest BCUT2D eigenvalue weighted by Gasteiger charge is -2.29. The first-order valence-electron chi connectivity index (χ1n) is 10.9. The lowest BCUT2D eigenvalue weighted by molar-refractivity contribution is -0.137. The Kier molecular flexibility index (Phi) is 6.11. The molecule has 32 heavy (non-hydrogen) atoms. The van der Waals surface area contributed by atoms with E-state index < -0.39 is 11.9 Å². The van der Waals surface area contributed by atoms with Crippen molar-refractivity contribution in [2.45, 2.75) is 63.7 Å². The van der Waals surface area contributed by atoms with Crippen molar-refractivity contribution in [2.24, 2.45) is 11.7 Å². The number of hydrogen-bond acceptors (Lipinski definition) is 5. The second kappa shape index (κ2) is 8.97. The number of hydrogen-bond donors (Lipinski definition) is 4. The number of carbonyl (C=O) groups is 5. The van der Waals surface area contributed by atoms with E-state index in [2.05, 4.69) is 16.0 Å². The van der Waals surface area contributed by atoms with Crippen molar-refractivity contribution in [1.29, 1.82) is 0 Å². The minimum Gasteiger partial charge on any atom is -0.369 e.